The molecule has 0 aromatic heterocycles. The summed E-state index contributed by atoms with van der Waals surface area (Å²) >= 11 is 0. The number of esters is 1. The first kappa shape index (κ1) is 51.4. The van der Waals surface area contributed by atoms with Gasteiger partial charge in [-0.15, -0.1) is 0 Å². The van der Waals surface area contributed by atoms with Crippen LogP contribution in [0.4, 0.5) is 0 Å². The Morgan fingerprint density at radius 3 is 1.85 bits per heavy atom. The molecule has 0 spiro atoms. The molecular formula is C48H76O19. The Morgan fingerprint density at radius 1 is 0.642 bits per heavy atom. The van der Waals surface area contributed by atoms with Crippen LogP contribution >= 0.6 is 0 Å². The first-order valence-electron chi connectivity index (χ1n) is 24.3. The van der Waals surface area contributed by atoms with Gasteiger partial charge in [-0.2, -0.15) is 0 Å². The lowest BCUT2D eigenvalue weighted by molar-refractivity contribution is -0.374. The lowest BCUT2D eigenvalue weighted by Gasteiger charge is -2.71. The van der Waals surface area contributed by atoms with Gasteiger partial charge in [0.1, 0.15) is 67.1 Å². The second-order valence-corrected chi connectivity index (χ2v) is 23.5. The maximum atomic E-state index is 14.7. The minimum atomic E-state index is -1.98. The number of carboxylic acids is 1. The van der Waals surface area contributed by atoms with Crippen LogP contribution in [0.2, 0.25) is 0 Å². The highest BCUT2D eigenvalue weighted by Crippen LogP contribution is 2.76. The molecule has 19 nitrogen and oxygen atoms in total. The van der Waals surface area contributed by atoms with Crippen LogP contribution in [0, 0.1) is 50.2 Å². The van der Waals surface area contributed by atoms with E-state index >= 15 is 0 Å². The Bertz CT molecular complexity index is 1870. The van der Waals surface area contributed by atoms with Gasteiger partial charge in [-0.25, -0.2) is 4.79 Å². The Balaban J connectivity index is 1.05. The maximum Gasteiger partial charge on any atom is 0.335 e. The van der Waals surface area contributed by atoms with Crippen LogP contribution in [0.15, 0.2) is 11.6 Å². The van der Waals surface area contributed by atoms with Crippen LogP contribution < -0.4 is 0 Å². The molecule has 8 rings (SSSR count). The Morgan fingerprint density at radius 2 is 1.24 bits per heavy atom. The summed E-state index contributed by atoms with van der Waals surface area (Å²) in [6.07, 6.45) is -16.4. The van der Waals surface area contributed by atoms with E-state index in [1.165, 1.54) is 5.57 Å². The van der Waals surface area contributed by atoms with E-state index in [1.54, 1.807) is 0 Å². The number of rotatable bonds is 9. The van der Waals surface area contributed by atoms with Gasteiger partial charge in [-0.1, -0.05) is 60.1 Å². The molecule has 4 saturated carbocycles. The smallest absolute Gasteiger partial charge is 0.335 e. The highest BCUT2D eigenvalue weighted by Gasteiger charge is 2.70. The summed E-state index contributed by atoms with van der Waals surface area (Å²) in [4.78, 5) is 27.0. The number of ether oxygens (including phenoxy) is 6. The first-order valence-corrected chi connectivity index (χ1v) is 24.3. The van der Waals surface area contributed by atoms with Crippen LogP contribution in [-0.4, -0.2) is 180 Å². The zero-order valence-electron chi connectivity index (χ0n) is 39.7. The molecule has 0 aromatic rings. The van der Waals surface area contributed by atoms with Crippen LogP contribution in [0.5, 0.6) is 0 Å². The number of fused-ring (bicyclic) bond motifs is 7. The van der Waals surface area contributed by atoms with Crippen LogP contribution in [-0.2, 0) is 38.0 Å². The van der Waals surface area contributed by atoms with Crippen molar-refractivity contribution in [2.75, 3.05) is 13.2 Å². The third-order valence-corrected chi connectivity index (χ3v) is 19.3. The number of hydrogen-bond donors (Lipinski definition) is 11. The lowest BCUT2D eigenvalue weighted by Crippen LogP contribution is -2.67. The number of aliphatic carboxylic acids is 1. The molecule has 8 aliphatic rings. The van der Waals surface area contributed by atoms with Crippen molar-refractivity contribution in [3.63, 3.8) is 0 Å². The average molecular weight is 957 g/mol. The molecule has 0 aromatic carbocycles. The number of allylic oxidation sites excluding steroid dienone is 2. The summed E-state index contributed by atoms with van der Waals surface area (Å²) in [5.41, 5.74) is -1.05. The van der Waals surface area contributed by atoms with Crippen molar-refractivity contribution in [2.24, 2.45) is 50.2 Å². The summed E-state index contributed by atoms with van der Waals surface area (Å²) in [5, 5.41) is 115. The Labute approximate surface area is 391 Å². The summed E-state index contributed by atoms with van der Waals surface area (Å²) in [6, 6.07) is 0. The highest BCUT2D eigenvalue weighted by atomic mass is 16.8. The molecular weight excluding hydrogens is 881 g/mol. The summed E-state index contributed by atoms with van der Waals surface area (Å²) < 4.78 is 35.7. The van der Waals surface area contributed by atoms with Gasteiger partial charge < -0.3 is 84.6 Å². The molecule has 0 unspecified atom stereocenters. The minimum Gasteiger partial charge on any atom is -0.479 e. The van der Waals surface area contributed by atoms with Gasteiger partial charge in [0.15, 0.2) is 18.7 Å². The van der Waals surface area contributed by atoms with E-state index in [1.807, 2.05) is 0 Å². The number of carboxylic acid groups (broad SMARTS) is 1. The van der Waals surface area contributed by atoms with Crippen LogP contribution in [0.3, 0.4) is 0 Å². The molecule has 11 N–H and O–H groups in total. The number of carbonyl (C=O) groups is 2. The monoisotopic (exact) mass is 956 g/mol. The minimum absolute atomic E-state index is 0.0828. The predicted molar refractivity (Wildman–Crippen MR) is 231 cm³/mol. The normalized spacial score (nSPS) is 52.6. The largest absolute Gasteiger partial charge is 0.479 e. The number of hydrogen-bond acceptors (Lipinski definition) is 18. The fourth-order valence-corrected chi connectivity index (χ4v) is 15.0. The standard InChI is InChI=1S/C48H76O19/c1-43(2)14-16-48(42(61)67-40-35(58)31(54)29(52)24(20-50)63-40)17-15-46(6)21(22(48)18-43)8-9-26-45(5)12-11-27(44(3,4)25(45)10-13-47(26,46)7)64-41-37(33(56)32(55)36(65-41)38(59)60)66-39-34(57)30(53)28(51)23(19-49)62-39/h8,22-37,39-41,49-58H,9-20H2,1-7H3,(H,59,60)/t22-,23-,24-,25-,26-,27-,28-,29-,30+,31+,32+,33+,34-,35-,36+,37-,39+,40+,41-,45-,46-,47-,48+/m1/s1. The van der Waals surface area contributed by atoms with Crippen LogP contribution in [0.25, 0.3) is 0 Å². The summed E-state index contributed by atoms with van der Waals surface area (Å²) in [6.45, 7) is 14.4. The zero-order chi connectivity index (χ0) is 49.1. The molecule has 3 aliphatic heterocycles. The van der Waals surface area contributed by atoms with Crippen molar-refractivity contribution in [1.29, 1.82) is 0 Å². The first-order chi connectivity index (χ1) is 31.2. The van der Waals surface area contributed by atoms with Gasteiger partial charge >= 0.3 is 11.9 Å². The molecule has 0 radical (unpaired) electrons. The SMILES string of the molecule is CC1(C)CC[C@]2(C(=O)O[C@@H]3O[C@H](CO)[C@@H](O)[C@H](O)[C@H]3O)CC[C@]3(C)C(=CC[C@@H]4[C@]5(C)CC[C@@H](O[C@@H]6O[C@H](C(=O)O)[C@@H](O)[C@H](O)[C@H]6O[C@@H]6O[C@H](CO)[C@@H](O)[C@H](O)[C@H]6O)C(C)(C)[C@H]5CC[C@]43C)[C@H]2C1. The van der Waals surface area contributed by atoms with Crippen molar-refractivity contribution in [3.05, 3.63) is 11.6 Å². The third kappa shape index (κ3) is 8.06. The molecule has 382 valence electrons. The van der Waals surface area contributed by atoms with Gasteiger partial charge in [0.2, 0.25) is 6.29 Å². The average Bonchev–Trinajstić information content (AvgIpc) is 3.26. The van der Waals surface area contributed by atoms with Crippen molar-refractivity contribution in [3.8, 4) is 0 Å². The number of aliphatic hydroxyl groups is 10. The third-order valence-electron chi connectivity index (χ3n) is 19.3. The van der Waals surface area contributed by atoms with E-state index in [9.17, 15) is 65.8 Å². The van der Waals surface area contributed by atoms with E-state index in [0.717, 1.165) is 38.5 Å². The van der Waals surface area contributed by atoms with E-state index in [-0.39, 0.29) is 39.4 Å². The molecule has 7 fully saturated rings. The molecule has 23 atom stereocenters. The second kappa shape index (κ2) is 18.0. The fourth-order valence-electron chi connectivity index (χ4n) is 15.0. The number of aliphatic hydroxyl groups excluding tert-OH is 10. The van der Waals surface area contributed by atoms with E-state index < -0.39 is 134 Å². The predicted octanol–water partition coefficient (Wildman–Crippen LogP) is 0.233. The van der Waals surface area contributed by atoms with Gasteiger partial charge in [-0.05, 0) is 109 Å². The molecule has 67 heavy (non-hydrogen) atoms. The molecule has 3 heterocycles. The van der Waals surface area contributed by atoms with Gasteiger partial charge in [0.25, 0.3) is 0 Å². The van der Waals surface area contributed by atoms with E-state index in [2.05, 4.69) is 54.5 Å². The molecule has 0 bridgehead atoms. The zero-order valence-corrected chi connectivity index (χ0v) is 39.7. The van der Waals surface area contributed by atoms with Gasteiger partial charge in [-0.3, -0.25) is 4.79 Å². The highest BCUT2D eigenvalue weighted by molar-refractivity contribution is 5.79. The van der Waals surface area contributed by atoms with Crippen molar-refractivity contribution in [2.45, 2.75) is 211 Å². The van der Waals surface area contributed by atoms with Gasteiger partial charge in [0, 0.05) is 0 Å². The molecule has 0 amide bonds. The topological polar surface area (TPSA) is 312 Å². The summed E-state index contributed by atoms with van der Waals surface area (Å²) in [5.74, 6) is -1.94. The second-order valence-electron chi connectivity index (χ2n) is 23.5. The maximum absolute atomic E-state index is 14.7. The fraction of sp³-hybridized carbons (Fsp3) is 0.917. The molecule has 3 saturated heterocycles. The Kier molecular flexibility index (Phi) is 13.8. The van der Waals surface area contributed by atoms with Crippen LogP contribution in [0.1, 0.15) is 113 Å². The van der Waals surface area contributed by atoms with Crippen molar-refractivity contribution < 1.29 is 94.2 Å². The molecule has 19 heteroatoms. The summed E-state index contributed by atoms with van der Waals surface area (Å²) in [7, 11) is 0. The van der Waals surface area contributed by atoms with E-state index in [0.29, 0.717) is 25.7 Å². The number of carbonyl (C=O) groups excluding carboxylic acids is 1. The van der Waals surface area contributed by atoms with Gasteiger partial charge in [0.05, 0.1) is 24.7 Å². The van der Waals surface area contributed by atoms with Crippen molar-refractivity contribution >= 4 is 11.9 Å². The molecule has 5 aliphatic carbocycles. The van der Waals surface area contributed by atoms with Crippen molar-refractivity contribution in [1.82, 2.24) is 0 Å². The quantitative estimate of drug-likeness (QED) is 0.0838. The lowest BCUT2D eigenvalue weighted by atomic mass is 9.33. The van der Waals surface area contributed by atoms with E-state index in [4.69, 9.17) is 28.4 Å². The Hall–Kier alpha value is -1.92.